The van der Waals surface area contributed by atoms with E-state index < -0.39 is 0 Å². The second kappa shape index (κ2) is 9.88. The number of hydrogen-bond acceptors (Lipinski definition) is 1. The van der Waals surface area contributed by atoms with Crippen LogP contribution in [0.4, 0.5) is 0 Å². The molecule has 1 aromatic heterocycles. The van der Waals surface area contributed by atoms with Crippen molar-refractivity contribution in [2.75, 3.05) is 0 Å². The maximum atomic E-state index is 4.07. The molecule has 1 aromatic rings. The first-order valence-corrected chi connectivity index (χ1v) is 6.32. The van der Waals surface area contributed by atoms with Crippen molar-refractivity contribution in [3.63, 3.8) is 0 Å². The van der Waals surface area contributed by atoms with E-state index in [-0.39, 0.29) is 17.0 Å². The molecule has 2 nitrogen and oxygen atoms in total. The van der Waals surface area contributed by atoms with Gasteiger partial charge in [-0.25, -0.2) is 4.98 Å². The van der Waals surface area contributed by atoms with Gasteiger partial charge in [0.1, 0.15) is 0 Å². The normalized spacial score (nSPS) is 12.1. The fraction of sp³-hybridized carbons (Fsp3) is 0.769. The molecular formula is C13H25BrN2. The smallest absolute Gasteiger partial charge is 0.0948 e. The number of nitrogens with zero attached hydrogens (tertiary/aromatic N) is 2. The van der Waals surface area contributed by atoms with Gasteiger partial charge in [-0.15, -0.1) is 17.0 Å². The van der Waals surface area contributed by atoms with E-state index in [1.54, 1.807) is 0 Å². The Morgan fingerprint density at radius 1 is 1.12 bits per heavy atom. The van der Waals surface area contributed by atoms with Crippen LogP contribution in [0.1, 0.15) is 64.8 Å². The van der Waals surface area contributed by atoms with Gasteiger partial charge in [-0.2, -0.15) is 0 Å². The van der Waals surface area contributed by atoms with E-state index in [1.807, 2.05) is 12.5 Å². The van der Waals surface area contributed by atoms with Crippen molar-refractivity contribution in [2.45, 2.75) is 64.8 Å². The molecule has 1 rings (SSSR count). The number of imidazole rings is 1. The summed E-state index contributed by atoms with van der Waals surface area (Å²) in [6, 6.07) is 0.610. The fourth-order valence-electron chi connectivity index (χ4n) is 1.90. The van der Waals surface area contributed by atoms with Crippen LogP contribution in [0.25, 0.3) is 0 Å². The highest BCUT2D eigenvalue weighted by molar-refractivity contribution is 8.93. The van der Waals surface area contributed by atoms with Gasteiger partial charge in [0, 0.05) is 18.4 Å². The molecule has 0 aliphatic carbocycles. The molecule has 0 bridgehead atoms. The quantitative estimate of drug-likeness (QED) is 0.630. The number of aromatic nitrogens is 2. The van der Waals surface area contributed by atoms with E-state index >= 15 is 0 Å². The molecule has 94 valence electrons. The zero-order chi connectivity index (χ0) is 10.9. The van der Waals surface area contributed by atoms with Gasteiger partial charge in [0.25, 0.3) is 0 Å². The van der Waals surface area contributed by atoms with Gasteiger partial charge in [-0.3, -0.25) is 0 Å². The van der Waals surface area contributed by atoms with Crippen LogP contribution >= 0.6 is 17.0 Å². The maximum Gasteiger partial charge on any atom is 0.0948 e. The molecule has 0 amide bonds. The topological polar surface area (TPSA) is 17.8 Å². The number of unbranched alkanes of at least 4 members (excludes halogenated alkanes) is 5. The third kappa shape index (κ3) is 6.31. The zero-order valence-electron chi connectivity index (χ0n) is 10.6. The minimum absolute atomic E-state index is 0. The van der Waals surface area contributed by atoms with Crippen LogP contribution < -0.4 is 0 Å². The minimum Gasteiger partial charge on any atom is -0.335 e. The van der Waals surface area contributed by atoms with Crippen LogP contribution in [-0.4, -0.2) is 9.55 Å². The average molecular weight is 289 g/mol. The highest BCUT2D eigenvalue weighted by Gasteiger charge is 2.02. The van der Waals surface area contributed by atoms with Crippen LogP contribution in [-0.2, 0) is 0 Å². The summed E-state index contributed by atoms with van der Waals surface area (Å²) in [5, 5.41) is 0. The molecule has 0 saturated carbocycles. The van der Waals surface area contributed by atoms with Crippen molar-refractivity contribution in [1.82, 2.24) is 9.55 Å². The SMILES string of the molecule is Br.CCCCCCCCC(C)n1ccnc1. The van der Waals surface area contributed by atoms with E-state index in [0.717, 1.165) is 0 Å². The van der Waals surface area contributed by atoms with E-state index in [1.165, 1.54) is 44.9 Å². The Bertz CT molecular complexity index is 234. The predicted molar refractivity (Wildman–Crippen MR) is 75.3 cm³/mol. The van der Waals surface area contributed by atoms with Gasteiger partial charge in [0.05, 0.1) is 6.33 Å². The zero-order valence-corrected chi connectivity index (χ0v) is 12.3. The molecular weight excluding hydrogens is 264 g/mol. The lowest BCUT2D eigenvalue weighted by molar-refractivity contribution is 0.467. The van der Waals surface area contributed by atoms with Gasteiger partial charge < -0.3 is 4.57 Å². The summed E-state index contributed by atoms with van der Waals surface area (Å²) >= 11 is 0. The summed E-state index contributed by atoms with van der Waals surface area (Å²) in [5.41, 5.74) is 0. The van der Waals surface area contributed by atoms with Crippen LogP contribution in [0, 0.1) is 0 Å². The van der Waals surface area contributed by atoms with Crippen LogP contribution in [0.5, 0.6) is 0 Å². The average Bonchev–Trinajstić information content (AvgIpc) is 2.76. The molecule has 16 heavy (non-hydrogen) atoms. The molecule has 0 spiro atoms. The highest BCUT2D eigenvalue weighted by atomic mass is 79.9. The van der Waals surface area contributed by atoms with E-state index in [4.69, 9.17) is 0 Å². The molecule has 0 radical (unpaired) electrons. The standard InChI is InChI=1S/C13H24N2.BrH/c1-3-4-5-6-7-8-9-13(2)15-11-10-14-12-15;/h10-13H,3-9H2,1-2H3;1H. The molecule has 1 atom stereocenters. The fourth-order valence-corrected chi connectivity index (χ4v) is 1.90. The summed E-state index contributed by atoms with van der Waals surface area (Å²) < 4.78 is 2.20. The van der Waals surface area contributed by atoms with E-state index in [9.17, 15) is 0 Å². The van der Waals surface area contributed by atoms with Gasteiger partial charge in [-0.1, -0.05) is 45.4 Å². The minimum atomic E-state index is 0. The molecule has 0 N–H and O–H groups in total. The molecule has 1 unspecified atom stereocenters. The summed E-state index contributed by atoms with van der Waals surface area (Å²) in [7, 11) is 0. The summed E-state index contributed by atoms with van der Waals surface area (Å²) in [6.45, 7) is 4.54. The Kier molecular flexibility index (Phi) is 9.69. The highest BCUT2D eigenvalue weighted by Crippen LogP contribution is 2.15. The first-order valence-electron chi connectivity index (χ1n) is 6.32. The lowest BCUT2D eigenvalue weighted by Gasteiger charge is -2.12. The molecule has 0 aliphatic rings. The van der Waals surface area contributed by atoms with Crippen molar-refractivity contribution < 1.29 is 0 Å². The first-order chi connectivity index (χ1) is 7.34. The van der Waals surface area contributed by atoms with Crippen molar-refractivity contribution in [3.8, 4) is 0 Å². The van der Waals surface area contributed by atoms with Gasteiger partial charge in [0.2, 0.25) is 0 Å². The summed E-state index contributed by atoms with van der Waals surface area (Å²) in [6.07, 6.45) is 15.4. The lowest BCUT2D eigenvalue weighted by Crippen LogP contribution is -2.01. The maximum absolute atomic E-state index is 4.07. The van der Waals surface area contributed by atoms with Gasteiger partial charge in [-0.05, 0) is 13.3 Å². The molecule has 3 heteroatoms. The summed E-state index contributed by atoms with van der Waals surface area (Å²) in [4.78, 5) is 4.07. The molecule has 0 aromatic carbocycles. The monoisotopic (exact) mass is 288 g/mol. The Labute approximate surface area is 110 Å². The Morgan fingerprint density at radius 2 is 1.81 bits per heavy atom. The second-order valence-corrected chi connectivity index (χ2v) is 4.42. The Hall–Kier alpha value is -0.310. The molecule has 0 fully saturated rings. The second-order valence-electron chi connectivity index (χ2n) is 4.42. The molecule has 1 heterocycles. The van der Waals surface area contributed by atoms with Gasteiger partial charge >= 0.3 is 0 Å². The van der Waals surface area contributed by atoms with E-state index in [0.29, 0.717) is 6.04 Å². The predicted octanol–water partition coefficient (Wildman–Crippen LogP) is 4.77. The summed E-state index contributed by atoms with van der Waals surface area (Å²) in [5.74, 6) is 0. The van der Waals surface area contributed by atoms with E-state index in [2.05, 4.69) is 29.6 Å². The number of hydrogen-bond donors (Lipinski definition) is 0. The largest absolute Gasteiger partial charge is 0.335 e. The number of rotatable bonds is 8. The van der Waals surface area contributed by atoms with Crippen molar-refractivity contribution in [3.05, 3.63) is 18.7 Å². The Morgan fingerprint density at radius 3 is 2.44 bits per heavy atom. The van der Waals surface area contributed by atoms with Gasteiger partial charge in [0.15, 0.2) is 0 Å². The third-order valence-electron chi connectivity index (χ3n) is 3.01. The number of halogens is 1. The molecule has 0 aliphatic heterocycles. The van der Waals surface area contributed by atoms with Crippen LogP contribution in [0.15, 0.2) is 18.7 Å². The van der Waals surface area contributed by atoms with Crippen molar-refractivity contribution in [2.24, 2.45) is 0 Å². The van der Waals surface area contributed by atoms with Crippen LogP contribution in [0.3, 0.4) is 0 Å². The third-order valence-corrected chi connectivity index (χ3v) is 3.01. The molecule has 0 saturated heterocycles. The van der Waals surface area contributed by atoms with Crippen LogP contribution in [0.2, 0.25) is 0 Å². The lowest BCUT2D eigenvalue weighted by atomic mass is 10.1. The Balaban J connectivity index is 0.00000225. The first kappa shape index (κ1) is 15.7. The van der Waals surface area contributed by atoms with Crippen molar-refractivity contribution >= 4 is 17.0 Å². The van der Waals surface area contributed by atoms with Crippen molar-refractivity contribution in [1.29, 1.82) is 0 Å².